The number of aliphatic imine (C=N–C) groups is 1. The maximum Gasteiger partial charge on any atom is 3.00 e. The van der Waals surface area contributed by atoms with Gasteiger partial charge in [0.05, 0.1) is 11.3 Å². The Morgan fingerprint density at radius 1 is 1.23 bits per heavy atom. The minimum Gasteiger partial charge on any atom is -1.00 e. The van der Waals surface area contributed by atoms with E-state index in [4.69, 9.17) is 11.6 Å². The summed E-state index contributed by atoms with van der Waals surface area (Å²) < 4.78 is 0.951. The van der Waals surface area contributed by atoms with E-state index < -0.39 is 0 Å². The van der Waals surface area contributed by atoms with Crippen LogP contribution in [0.4, 0.5) is 5.69 Å². The quantitative estimate of drug-likeness (QED) is 0.497. The molecule has 0 unspecified atom stereocenters. The fourth-order valence-corrected chi connectivity index (χ4v) is 2.53. The molecular weight excluding hydrogens is 313 g/mol. The van der Waals surface area contributed by atoms with Crippen molar-refractivity contribution < 1.29 is 9.02 Å². The molecule has 0 spiro atoms. The second kappa shape index (κ2) is 6.97. The van der Waals surface area contributed by atoms with Crippen LogP contribution in [-0.4, -0.2) is 47.2 Å². The summed E-state index contributed by atoms with van der Waals surface area (Å²) in [6, 6.07) is 15.0. The second-order valence-corrected chi connectivity index (χ2v) is 5.16. The molecule has 0 radical (unpaired) electrons. The number of halogens is 1. The van der Waals surface area contributed by atoms with E-state index in [2.05, 4.69) is 10.3 Å². The van der Waals surface area contributed by atoms with Crippen molar-refractivity contribution in [1.82, 2.24) is 5.32 Å². The molecule has 22 heavy (non-hydrogen) atoms. The minimum atomic E-state index is 0. The molecule has 0 bridgehead atoms. The Morgan fingerprint density at radius 2 is 1.95 bits per heavy atom. The van der Waals surface area contributed by atoms with Gasteiger partial charge in [-0.15, -0.1) is 0 Å². The van der Waals surface area contributed by atoms with E-state index in [1.54, 1.807) is 19.2 Å². The number of nitrogens with zero attached hydrogens (tertiary/aromatic N) is 2. The summed E-state index contributed by atoms with van der Waals surface area (Å²) in [7, 11) is 1.76. The van der Waals surface area contributed by atoms with Gasteiger partial charge >= 0.3 is 17.4 Å². The Labute approximate surface area is 149 Å². The number of amidine groups is 1. The summed E-state index contributed by atoms with van der Waals surface area (Å²) in [5.74, 6) is 0.625. The molecule has 2 aromatic carbocycles. The van der Waals surface area contributed by atoms with Gasteiger partial charge in [0, 0.05) is 17.6 Å². The van der Waals surface area contributed by atoms with Crippen molar-refractivity contribution in [1.29, 1.82) is 0 Å². The molecule has 0 saturated heterocycles. The van der Waals surface area contributed by atoms with E-state index in [0.29, 0.717) is 16.6 Å². The summed E-state index contributed by atoms with van der Waals surface area (Å²) >= 11 is 6.10. The van der Waals surface area contributed by atoms with E-state index in [9.17, 15) is 5.21 Å². The average Bonchev–Trinajstić information content (AvgIpc) is 2.63. The van der Waals surface area contributed by atoms with E-state index in [0.717, 1.165) is 21.6 Å². The number of likely N-dealkylation sites (N-methyl/N-ethyl adjacent to an activating group) is 1. The zero-order valence-corrected chi connectivity index (χ0v) is 14.0. The van der Waals surface area contributed by atoms with Gasteiger partial charge in [0.15, 0.2) is 5.84 Å². The van der Waals surface area contributed by atoms with Gasteiger partial charge in [0.2, 0.25) is 12.3 Å². The van der Waals surface area contributed by atoms with Gasteiger partial charge in [0.25, 0.3) is 0 Å². The van der Waals surface area contributed by atoms with Gasteiger partial charge in [-0.2, -0.15) is 4.74 Å². The van der Waals surface area contributed by atoms with E-state index in [-0.39, 0.29) is 28.2 Å². The van der Waals surface area contributed by atoms with E-state index in [1.165, 1.54) is 0 Å². The molecule has 3 rings (SSSR count). The van der Waals surface area contributed by atoms with Crippen molar-refractivity contribution in [3.8, 4) is 0 Å². The Kier molecular flexibility index (Phi) is 5.25. The summed E-state index contributed by atoms with van der Waals surface area (Å²) in [4.78, 5) is 4.51. The monoisotopic (exact) mass is 329 g/mol. The number of rotatable bonds is 1. The number of hydrogen-bond donors (Lipinski definition) is 1. The molecular formula is C16H17AlClN3O. The Morgan fingerprint density at radius 3 is 2.64 bits per heavy atom. The molecule has 0 saturated carbocycles. The van der Waals surface area contributed by atoms with E-state index in [1.807, 2.05) is 36.4 Å². The van der Waals surface area contributed by atoms with Gasteiger partial charge < -0.3 is 14.8 Å². The number of fused-ring (bicyclic) bond motifs is 1. The first kappa shape index (κ1) is 16.6. The van der Waals surface area contributed by atoms with Crippen LogP contribution in [-0.2, 0) is 0 Å². The molecule has 0 aromatic heterocycles. The number of hydrogen-bond acceptors (Lipinski definition) is 3. The maximum atomic E-state index is 12.6. The van der Waals surface area contributed by atoms with Crippen LogP contribution in [0.25, 0.3) is 0 Å². The third-order valence-corrected chi connectivity index (χ3v) is 3.58. The number of nitrogens with one attached hydrogen (secondary N) is 1. The summed E-state index contributed by atoms with van der Waals surface area (Å²) in [5.41, 5.74) is 2.92. The third-order valence-electron chi connectivity index (χ3n) is 3.35. The first-order valence-electron chi connectivity index (χ1n) is 6.61. The molecule has 1 heterocycles. The number of benzene rings is 2. The molecule has 1 aliphatic rings. The van der Waals surface area contributed by atoms with Gasteiger partial charge in [-0.25, -0.2) is 4.99 Å². The van der Waals surface area contributed by atoms with Gasteiger partial charge in [-0.05, 0) is 30.3 Å². The maximum absolute atomic E-state index is 12.6. The summed E-state index contributed by atoms with van der Waals surface area (Å²) in [6.07, 6.45) is 0. The molecule has 1 N–H and O–H groups in total. The molecule has 2 aromatic rings. The normalized spacial score (nSPS) is 13.6. The Hall–Kier alpha value is -1.80. The van der Waals surface area contributed by atoms with Gasteiger partial charge in [-0.3, -0.25) is 0 Å². The zero-order valence-electron chi connectivity index (χ0n) is 15.1. The van der Waals surface area contributed by atoms with Crippen molar-refractivity contribution in [3.63, 3.8) is 0 Å². The summed E-state index contributed by atoms with van der Waals surface area (Å²) in [6.45, 7) is 0.174. The van der Waals surface area contributed by atoms with Crippen LogP contribution in [0.5, 0.6) is 0 Å². The topological polar surface area (TPSA) is 50.5 Å². The SMILES string of the molecule is CNC1=Nc2ccc(Cl)cc2C(c2ccccc2)=[N+]([O-])C1.[Al+3].[H-].[H-].[H-]. The predicted molar refractivity (Wildman–Crippen MR) is 94.8 cm³/mol. The molecule has 1 aliphatic heterocycles. The predicted octanol–water partition coefficient (Wildman–Crippen LogP) is 2.91. The van der Waals surface area contributed by atoms with Crippen molar-refractivity contribution in [2.75, 3.05) is 13.6 Å². The largest absolute Gasteiger partial charge is 3.00 e. The van der Waals surface area contributed by atoms with Gasteiger partial charge in [-0.1, -0.05) is 29.8 Å². The minimum absolute atomic E-state index is 0. The fourth-order valence-electron chi connectivity index (χ4n) is 2.36. The van der Waals surface area contributed by atoms with Crippen LogP contribution >= 0.6 is 11.6 Å². The Bertz CT molecular complexity index is 758. The van der Waals surface area contributed by atoms with Crippen molar-refractivity contribution in [3.05, 3.63) is 69.9 Å². The van der Waals surface area contributed by atoms with Crippen LogP contribution in [0.1, 0.15) is 15.4 Å². The second-order valence-electron chi connectivity index (χ2n) is 4.72. The standard InChI is InChI=1S/C16H14ClN3O.Al.3H/c1-18-15-10-20(21)16(11-5-3-2-4-6-11)13-9-12(17)7-8-14(13)19-15;;;;/h2-9H,10H2,1H3,(H,18,19);;;;/q;+3;3*-1. The zero-order chi connectivity index (χ0) is 14.8. The molecule has 0 atom stereocenters. The molecule has 6 heteroatoms. The van der Waals surface area contributed by atoms with Crippen LogP contribution in [0.2, 0.25) is 5.02 Å². The molecule has 0 fully saturated rings. The Balaban J connectivity index is 0. The van der Waals surface area contributed by atoms with Crippen LogP contribution in [0.3, 0.4) is 0 Å². The molecule has 0 aliphatic carbocycles. The van der Waals surface area contributed by atoms with Crippen molar-refractivity contribution in [2.45, 2.75) is 0 Å². The smallest absolute Gasteiger partial charge is 1.00 e. The molecule has 112 valence electrons. The summed E-state index contributed by atoms with van der Waals surface area (Å²) in [5, 5.41) is 16.1. The molecule has 4 nitrogen and oxygen atoms in total. The van der Waals surface area contributed by atoms with E-state index >= 15 is 0 Å². The fraction of sp³-hybridized carbons (Fsp3) is 0.125. The number of hydroxylamine groups is 1. The van der Waals surface area contributed by atoms with Crippen molar-refractivity contribution in [2.24, 2.45) is 4.99 Å². The first-order valence-corrected chi connectivity index (χ1v) is 6.99. The first-order chi connectivity index (χ1) is 10.2. The van der Waals surface area contributed by atoms with Gasteiger partial charge in [0.1, 0.15) is 0 Å². The van der Waals surface area contributed by atoms with Crippen LogP contribution in [0, 0.1) is 5.21 Å². The van der Waals surface area contributed by atoms with Crippen LogP contribution in [0.15, 0.2) is 53.5 Å². The van der Waals surface area contributed by atoms with Crippen molar-refractivity contribution >= 4 is 46.2 Å². The molecule has 0 amide bonds. The van der Waals surface area contributed by atoms with Crippen LogP contribution < -0.4 is 5.32 Å². The third kappa shape index (κ3) is 3.17. The average molecular weight is 330 g/mol.